The van der Waals surface area contributed by atoms with E-state index in [1.165, 1.54) is 16.7 Å². The number of nitrogens with zero attached hydrogens (tertiary/aromatic N) is 2. The molecule has 0 saturated carbocycles. The van der Waals surface area contributed by atoms with Crippen molar-refractivity contribution in [2.75, 3.05) is 31.6 Å². The molecule has 0 aliphatic carbocycles. The van der Waals surface area contributed by atoms with Crippen molar-refractivity contribution >= 4 is 11.7 Å². The molecule has 1 atom stereocenters. The third kappa shape index (κ3) is 4.46. The molecule has 2 aliphatic rings. The Bertz CT molecular complexity index is 910. The molecule has 166 valence electrons. The first-order valence-electron chi connectivity index (χ1n) is 11.4. The van der Waals surface area contributed by atoms with Crippen LogP contribution in [0.15, 0.2) is 36.5 Å². The standard InChI is InChI=1S/C25H35N5O/c1-17(2)25(15-26-16-28-25)21-7-5-20(6-8-21)24(31)30-11-9-22(10-12-30)29-23-19(4)13-18(3)14-27-23/h5-8,13-14,17,22,26,28H,9-12,15-16H2,1-4H3,(H,27,29)/t25-/m1/s1. The Hall–Kier alpha value is -2.44. The van der Waals surface area contributed by atoms with Gasteiger partial charge >= 0.3 is 0 Å². The predicted octanol–water partition coefficient (Wildman–Crippen LogP) is 3.42. The number of likely N-dealkylation sites (tertiary alicyclic amines) is 1. The van der Waals surface area contributed by atoms with Gasteiger partial charge in [-0.2, -0.15) is 0 Å². The lowest BCUT2D eigenvalue weighted by molar-refractivity contribution is 0.0718. The van der Waals surface area contributed by atoms with Crippen molar-refractivity contribution in [3.8, 4) is 0 Å². The topological polar surface area (TPSA) is 69.3 Å². The quantitative estimate of drug-likeness (QED) is 0.690. The van der Waals surface area contributed by atoms with Crippen molar-refractivity contribution in [2.45, 2.75) is 52.1 Å². The Kier molecular flexibility index (Phi) is 6.30. The Morgan fingerprint density at radius 3 is 2.48 bits per heavy atom. The SMILES string of the molecule is Cc1cnc(NC2CCN(C(=O)c3ccc([C@]4(C(C)C)CNCN4)cc3)CC2)c(C)c1. The smallest absolute Gasteiger partial charge is 0.253 e. The number of benzene rings is 1. The molecular weight excluding hydrogens is 386 g/mol. The van der Waals surface area contributed by atoms with Crippen molar-refractivity contribution in [2.24, 2.45) is 5.92 Å². The zero-order valence-electron chi connectivity index (χ0n) is 19.2. The summed E-state index contributed by atoms with van der Waals surface area (Å²) in [6, 6.07) is 10.7. The number of carbonyl (C=O) groups is 1. The number of nitrogens with one attached hydrogen (secondary N) is 3. The maximum atomic E-state index is 13.1. The number of piperidine rings is 1. The van der Waals surface area contributed by atoms with Gasteiger partial charge in [0.15, 0.2) is 0 Å². The van der Waals surface area contributed by atoms with Gasteiger partial charge in [0, 0.05) is 44.1 Å². The van der Waals surface area contributed by atoms with Crippen LogP contribution in [0.5, 0.6) is 0 Å². The first-order valence-corrected chi connectivity index (χ1v) is 11.4. The molecule has 1 aromatic heterocycles. The van der Waals surface area contributed by atoms with Crippen molar-refractivity contribution in [3.63, 3.8) is 0 Å². The molecule has 2 aliphatic heterocycles. The number of pyridine rings is 1. The normalized spacial score (nSPS) is 22.2. The Morgan fingerprint density at radius 1 is 1.19 bits per heavy atom. The zero-order chi connectivity index (χ0) is 22.0. The zero-order valence-corrected chi connectivity index (χ0v) is 19.2. The van der Waals surface area contributed by atoms with Crippen LogP contribution >= 0.6 is 0 Å². The molecule has 2 fully saturated rings. The molecule has 0 unspecified atom stereocenters. The van der Waals surface area contributed by atoms with E-state index in [1.807, 2.05) is 23.2 Å². The summed E-state index contributed by atoms with van der Waals surface area (Å²) in [5, 5.41) is 10.6. The molecule has 3 heterocycles. The minimum absolute atomic E-state index is 0.0618. The predicted molar refractivity (Wildman–Crippen MR) is 125 cm³/mol. The van der Waals surface area contributed by atoms with Gasteiger partial charge in [0.05, 0.1) is 5.54 Å². The first kappa shape index (κ1) is 21.8. The molecule has 31 heavy (non-hydrogen) atoms. The number of hydrogen-bond donors (Lipinski definition) is 3. The van der Waals surface area contributed by atoms with E-state index in [4.69, 9.17) is 0 Å². The first-order chi connectivity index (χ1) is 14.9. The van der Waals surface area contributed by atoms with Crippen molar-refractivity contribution in [1.29, 1.82) is 0 Å². The second-order valence-corrected chi connectivity index (χ2v) is 9.37. The minimum atomic E-state index is -0.0618. The summed E-state index contributed by atoms with van der Waals surface area (Å²) in [6.45, 7) is 11.9. The van der Waals surface area contributed by atoms with Gasteiger partial charge in [0.1, 0.15) is 5.82 Å². The maximum Gasteiger partial charge on any atom is 0.253 e. The number of aromatic nitrogens is 1. The second kappa shape index (κ2) is 8.97. The van der Waals surface area contributed by atoms with Gasteiger partial charge in [0.25, 0.3) is 5.91 Å². The van der Waals surface area contributed by atoms with Crippen LogP contribution in [-0.2, 0) is 5.54 Å². The molecule has 1 aromatic carbocycles. The van der Waals surface area contributed by atoms with E-state index in [0.717, 1.165) is 50.5 Å². The van der Waals surface area contributed by atoms with Crippen LogP contribution < -0.4 is 16.0 Å². The third-order valence-corrected chi connectivity index (χ3v) is 6.90. The average molecular weight is 422 g/mol. The van der Waals surface area contributed by atoms with Crippen LogP contribution in [0.1, 0.15) is 53.7 Å². The summed E-state index contributed by atoms with van der Waals surface area (Å²) in [7, 11) is 0. The van der Waals surface area contributed by atoms with Crippen LogP contribution in [0, 0.1) is 19.8 Å². The largest absolute Gasteiger partial charge is 0.367 e. The minimum Gasteiger partial charge on any atom is -0.367 e. The van der Waals surface area contributed by atoms with Gasteiger partial charge in [0.2, 0.25) is 0 Å². The fourth-order valence-corrected chi connectivity index (χ4v) is 4.87. The van der Waals surface area contributed by atoms with Crippen molar-refractivity contribution < 1.29 is 4.79 Å². The number of anilines is 1. The summed E-state index contributed by atoms with van der Waals surface area (Å²) in [4.78, 5) is 19.6. The number of rotatable bonds is 5. The van der Waals surface area contributed by atoms with Gasteiger partial charge in [-0.15, -0.1) is 0 Å². The third-order valence-electron chi connectivity index (χ3n) is 6.90. The van der Waals surface area contributed by atoms with E-state index >= 15 is 0 Å². The summed E-state index contributed by atoms with van der Waals surface area (Å²) in [5.41, 5.74) is 4.30. The van der Waals surface area contributed by atoms with Gasteiger partial charge in [-0.1, -0.05) is 32.0 Å². The lowest BCUT2D eigenvalue weighted by atomic mass is 9.80. The number of amides is 1. The summed E-state index contributed by atoms with van der Waals surface area (Å²) in [5.74, 6) is 1.55. The van der Waals surface area contributed by atoms with Gasteiger partial charge in [-0.05, 0) is 61.4 Å². The molecule has 0 radical (unpaired) electrons. The van der Waals surface area contributed by atoms with E-state index in [9.17, 15) is 4.79 Å². The van der Waals surface area contributed by atoms with Crippen molar-refractivity contribution in [1.82, 2.24) is 20.5 Å². The Labute approximate surface area is 185 Å². The van der Waals surface area contributed by atoms with Crippen LogP contribution in [-0.4, -0.2) is 48.1 Å². The Balaban J connectivity index is 1.36. The van der Waals surface area contributed by atoms with E-state index in [-0.39, 0.29) is 11.4 Å². The van der Waals surface area contributed by atoms with E-state index in [0.29, 0.717) is 12.0 Å². The summed E-state index contributed by atoms with van der Waals surface area (Å²) >= 11 is 0. The molecule has 0 spiro atoms. The van der Waals surface area contributed by atoms with Gasteiger partial charge < -0.3 is 15.5 Å². The van der Waals surface area contributed by atoms with Crippen LogP contribution in [0.2, 0.25) is 0 Å². The van der Waals surface area contributed by atoms with E-state index < -0.39 is 0 Å². The summed E-state index contributed by atoms with van der Waals surface area (Å²) < 4.78 is 0. The molecule has 6 nitrogen and oxygen atoms in total. The van der Waals surface area contributed by atoms with Crippen molar-refractivity contribution in [3.05, 3.63) is 58.8 Å². The molecule has 2 saturated heterocycles. The molecule has 0 bridgehead atoms. The van der Waals surface area contributed by atoms with E-state index in [1.54, 1.807) is 0 Å². The average Bonchev–Trinajstić information content (AvgIpc) is 3.27. The maximum absolute atomic E-state index is 13.1. The van der Waals surface area contributed by atoms with Gasteiger partial charge in [-0.25, -0.2) is 4.98 Å². The molecule has 2 aromatic rings. The van der Waals surface area contributed by atoms with Gasteiger partial charge in [-0.3, -0.25) is 10.1 Å². The lowest BCUT2D eigenvalue weighted by Crippen LogP contribution is -2.44. The van der Waals surface area contributed by atoms with Crippen LogP contribution in [0.4, 0.5) is 5.82 Å². The van der Waals surface area contributed by atoms with Crippen LogP contribution in [0.3, 0.4) is 0 Å². The fourth-order valence-electron chi connectivity index (χ4n) is 4.87. The molecule has 1 amide bonds. The molecule has 4 rings (SSSR count). The Morgan fingerprint density at radius 2 is 1.90 bits per heavy atom. The number of carbonyl (C=O) groups excluding carboxylic acids is 1. The molecule has 6 heteroatoms. The highest BCUT2D eigenvalue weighted by Gasteiger charge is 2.38. The second-order valence-electron chi connectivity index (χ2n) is 9.37. The highest BCUT2D eigenvalue weighted by atomic mass is 16.2. The lowest BCUT2D eigenvalue weighted by Gasteiger charge is -2.34. The number of hydrogen-bond acceptors (Lipinski definition) is 5. The molecular formula is C25H35N5O. The van der Waals surface area contributed by atoms with E-state index in [2.05, 4.69) is 66.8 Å². The highest BCUT2D eigenvalue weighted by molar-refractivity contribution is 5.94. The fraction of sp³-hybridized carbons (Fsp3) is 0.520. The summed E-state index contributed by atoms with van der Waals surface area (Å²) in [6.07, 6.45) is 3.77. The molecule has 3 N–H and O–H groups in total. The number of aryl methyl sites for hydroxylation is 2. The highest BCUT2D eigenvalue weighted by Crippen LogP contribution is 2.31. The monoisotopic (exact) mass is 421 g/mol. The van der Waals surface area contributed by atoms with Crippen LogP contribution in [0.25, 0.3) is 0 Å².